The van der Waals surface area contributed by atoms with Crippen LogP contribution in [0.25, 0.3) is 0 Å². The molecule has 1 unspecified atom stereocenters. The summed E-state index contributed by atoms with van der Waals surface area (Å²) in [5.74, 6) is -3.22. The number of hydrogen-bond acceptors (Lipinski definition) is 5. The van der Waals surface area contributed by atoms with Gasteiger partial charge in [0.05, 0.1) is 23.7 Å². The standard InChI is InChI=1S/C22H26F3N3O3S/c1-13-6-15(12-31-22(13)17-7-19(24)20(25)8-18(17)23)27-9-14-10-28(26-21(14)11-27)32(29,30)16-4-2-3-5-16/h7-8,10,13,15-16,22H,2-6,9,11-12H2,1H3/t13-,15+,22?/m1/s1. The van der Waals surface area contributed by atoms with Gasteiger partial charge in [0.2, 0.25) is 0 Å². The van der Waals surface area contributed by atoms with E-state index in [1.807, 2.05) is 6.92 Å². The van der Waals surface area contributed by atoms with E-state index in [-0.39, 0.29) is 22.8 Å². The molecule has 32 heavy (non-hydrogen) atoms. The zero-order valence-corrected chi connectivity index (χ0v) is 18.6. The highest BCUT2D eigenvalue weighted by Crippen LogP contribution is 2.38. The van der Waals surface area contributed by atoms with E-state index in [0.29, 0.717) is 45.0 Å². The van der Waals surface area contributed by atoms with Crippen LogP contribution >= 0.6 is 0 Å². The van der Waals surface area contributed by atoms with E-state index in [0.717, 1.165) is 34.3 Å². The van der Waals surface area contributed by atoms with Crippen molar-refractivity contribution in [2.75, 3.05) is 6.61 Å². The van der Waals surface area contributed by atoms with E-state index < -0.39 is 33.6 Å². The molecule has 1 aliphatic carbocycles. The minimum atomic E-state index is -3.45. The van der Waals surface area contributed by atoms with E-state index in [2.05, 4.69) is 10.00 Å². The maximum absolute atomic E-state index is 14.2. The van der Waals surface area contributed by atoms with E-state index in [4.69, 9.17) is 4.74 Å². The van der Waals surface area contributed by atoms with Gasteiger partial charge in [-0.2, -0.15) is 9.19 Å². The third-order valence-corrected chi connectivity index (χ3v) is 9.08. The first kappa shape index (κ1) is 21.9. The summed E-state index contributed by atoms with van der Waals surface area (Å²) < 4.78 is 73.8. The van der Waals surface area contributed by atoms with Crippen molar-refractivity contribution in [3.8, 4) is 0 Å². The maximum Gasteiger partial charge on any atom is 0.256 e. The second-order valence-electron chi connectivity index (χ2n) is 9.24. The van der Waals surface area contributed by atoms with Crippen molar-refractivity contribution in [2.24, 2.45) is 5.92 Å². The Labute approximate surface area is 185 Å². The maximum atomic E-state index is 14.2. The van der Waals surface area contributed by atoms with E-state index in [1.54, 1.807) is 6.20 Å². The summed E-state index contributed by atoms with van der Waals surface area (Å²) >= 11 is 0. The highest BCUT2D eigenvalue weighted by molar-refractivity contribution is 7.90. The fourth-order valence-electron chi connectivity index (χ4n) is 5.29. The number of ether oxygens (including phenoxy) is 1. The molecule has 2 aromatic rings. The molecular formula is C22H26F3N3O3S. The lowest BCUT2D eigenvalue weighted by Gasteiger charge is -2.38. The molecule has 0 amide bonds. The number of fused-ring (bicyclic) bond motifs is 1. The van der Waals surface area contributed by atoms with Crippen LogP contribution in [-0.4, -0.2) is 40.4 Å². The van der Waals surface area contributed by atoms with E-state index >= 15 is 0 Å². The molecule has 174 valence electrons. The third-order valence-electron chi connectivity index (χ3n) is 7.06. The Morgan fingerprint density at radius 2 is 1.78 bits per heavy atom. The van der Waals surface area contributed by atoms with Gasteiger partial charge >= 0.3 is 0 Å². The topological polar surface area (TPSA) is 64.4 Å². The van der Waals surface area contributed by atoms with Crippen molar-refractivity contribution in [3.63, 3.8) is 0 Å². The van der Waals surface area contributed by atoms with Gasteiger partial charge in [0, 0.05) is 42.5 Å². The predicted octanol–water partition coefficient (Wildman–Crippen LogP) is 3.90. The van der Waals surface area contributed by atoms with Crippen molar-refractivity contribution in [2.45, 2.75) is 69.5 Å². The lowest BCUT2D eigenvalue weighted by atomic mass is 9.88. The number of aromatic nitrogens is 2. The Hall–Kier alpha value is -1.91. The molecule has 3 heterocycles. The zero-order chi connectivity index (χ0) is 22.6. The van der Waals surface area contributed by atoms with Crippen LogP contribution in [0.1, 0.15) is 62.0 Å². The number of benzene rings is 1. The molecule has 0 spiro atoms. The lowest BCUT2D eigenvalue weighted by molar-refractivity contribution is -0.0723. The van der Waals surface area contributed by atoms with E-state index in [9.17, 15) is 21.6 Å². The number of nitrogens with zero attached hydrogens (tertiary/aromatic N) is 3. The molecule has 3 atom stereocenters. The summed E-state index contributed by atoms with van der Waals surface area (Å²) in [6.45, 7) is 3.31. The van der Waals surface area contributed by atoms with Gasteiger partial charge in [0.25, 0.3) is 10.0 Å². The average Bonchev–Trinajstić information content (AvgIpc) is 3.47. The minimum Gasteiger partial charge on any atom is -0.372 e. The molecule has 3 aliphatic rings. The summed E-state index contributed by atoms with van der Waals surface area (Å²) in [4.78, 5) is 2.18. The van der Waals surface area contributed by atoms with Gasteiger partial charge in [-0.15, -0.1) is 0 Å². The second kappa shape index (κ2) is 8.14. The Morgan fingerprint density at radius 1 is 1.06 bits per heavy atom. The predicted molar refractivity (Wildman–Crippen MR) is 111 cm³/mol. The Bertz CT molecular complexity index is 1110. The monoisotopic (exact) mass is 469 g/mol. The fourth-order valence-corrected chi connectivity index (χ4v) is 7.01. The Kier molecular flexibility index (Phi) is 5.58. The quantitative estimate of drug-likeness (QED) is 0.636. The minimum absolute atomic E-state index is 0.0352. The smallest absolute Gasteiger partial charge is 0.256 e. The normalized spacial score (nSPS) is 27.2. The van der Waals surface area contributed by atoms with Gasteiger partial charge in [0.15, 0.2) is 11.6 Å². The molecule has 0 N–H and O–H groups in total. The molecule has 1 aromatic heterocycles. The first-order chi connectivity index (χ1) is 15.2. The largest absolute Gasteiger partial charge is 0.372 e. The van der Waals surface area contributed by atoms with Gasteiger partial charge in [-0.1, -0.05) is 19.8 Å². The number of halogens is 3. The van der Waals surface area contributed by atoms with Crippen molar-refractivity contribution >= 4 is 10.0 Å². The summed E-state index contributed by atoms with van der Waals surface area (Å²) in [6, 6.07) is 1.49. The van der Waals surface area contributed by atoms with Crippen LogP contribution in [0.3, 0.4) is 0 Å². The summed E-state index contributed by atoms with van der Waals surface area (Å²) in [7, 11) is -3.45. The SMILES string of the molecule is C[C@@H]1C[C@H](N2Cc3cn(S(=O)(=O)C4CCCC4)nc3C2)COC1c1cc(F)c(F)cc1F. The highest BCUT2D eigenvalue weighted by atomic mass is 32.2. The van der Waals surface area contributed by atoms with Crippen molar-refractivity contribution in [1.82, 2.24) is 14.1 Å². The summed E-state index contributed by atoms with van der Waals surface area (Å²) in [6.07, 6.45) is 4.93. The molecular weight excluding hydrogens is 443 g/mol. The van der Waals surface area contributed by atoms with Gasteiger partial charge in [0.1, 0.15) is 5.82 Å². The van der Waals surface area contributed by atoms with Crippen LogP contribution in [0.4, 0.5) is 13.2 Å². The average molecular weight is 470 g/mol. The number of hydrogen-bond donors (Lipinski definition) is 0. The van der Waals surface area contributed by atoms with Gasteiger partial charge in [-0.05, 0) is 31.2 Å². The summed E-state index contributed by atoms with van der Waals surface area (Å²) in [5, 5.41) is 4.04. The van der Waals surface area contributed by atoms with Gasteiger partial charge < -0.3 is 4.74 Å². The van der Waals surface area contributed by atoms with E-state index in [1.165, 1.54) is 0 Å². The molecule has 6 nitrogen and oxygen atoms in total. The van der Waals surface area contributed by atoms with Crippen LogP contribution in [0.5, 0.6) is 0 Å². The Morgan fingerprint density at radius 3 is 2.47 bits per heavy atom. The highest BCUT2D eigenvalue weighted by Gasteiger charge is 2.38. The third kappa shape index (κ3) is 3.76. The van der Waals surface area contributed by atoms with Crippen LogP contribution in [-0.2, 0) is 27.8 Å². The molecule has 10 heteroatoms. The molecule has 1 saturated carbocycles. The van der Waals surface area contributed by atoms with Crippen LogP contribution < -0.4 is 0 Å². The van der Waals surface area contributed by atoms with Gasteiger partial charge in [-0.25, -0.2) is 21.6 Å². The molecule has 5 rings (SSSR count). The fraction of sp³-hybridized carbons (Fsp3) is 0.591. The molecule has 2 fully saturated rings. The molecule has 0 radical (unpaired) electrons. The number of rotatable bonds is 4. The lowest BCUT2D eigenvalue weighted by Crippen LogP contribution is -2.42. The van der Waals surface area contributed by atoms with Crippen LogP contribution in [0.15, 0.2) is 18.3 Å². The van der Waals surface area contributed by atoms with Crippen LogP contribution in [0.2, 0.25) is 0 Å². The Balaban J connectivity index is 1.25. The van der Waals surface area contributed by atoms with Crippen molar-refractivity contribution < 1.29 is 26.3 Å². The molecule has 1 aromatic carbocycles. The summed E-state index contributed by atoms with van der Waals surface area (Å²) in [5.41, 5.74) is 1.69. The molecule has 1 saturated heterocycles. The van der Waals surface area contributed by atoms with Crippen LogP contribution in [0, 0.1) is 23.4 Å². The molecule has 0 bridgehead atoms. The molecule has 2 aliphatic heterocycles. The first-order valence-corrected chi connectivity index (χ1v) is 12.6. The second-order valence-corrected chi connectivity index (χ2v) is 11.3. The zero-order valence-electron chi connectivity index (χ0n) is 17.8. The first-order valence-electron chi connectivity index (χ1n) is 11.1. The van der Waals surface area contributed by atoms with Crippen molar-refractivity contribution in [1.29, 1.82) is 0 Å². The van der Waals surface area contributed by atoms with Crippen molar-refractivity contribution in [3.05, 3.63) is 52.6 Å². The van der Waals surface area contributed by atoms with Gasteiger partial charge in [-0.3, -0.25) is 4.90 Å².